The summed E-state index contributed by atoms with van der Waals surface area (Å²) < 4.78 is 11.5. The first-order valence-electron chi connectivity index (χ1n) is 16.0. The average Bonchev–Trinajstić information content (AvgIpc) is 3.05. The van der Waals surface area contributed by atoms with Crippen molar-refractivity contribution in [1.82, 2.24) is 10.2 Å². The Balaban J connectivity index is 2.67. The number of nitrogens with one attached hydrogen (secondary N) is 1. The van der Waals surface area contributed by atoms with E-state index >= 15 is 0 Å². The molecule has 4 N–H and O–H groups in total. The first-order valence-corrected chi connectivity index (χ1v) is 16.0. The van der Waals surface area contributed by atoms with Crippen LogP contribution in [0.5, 0.6) is 0 Å². The quantitative estimate of drug-likeness (QED) is 0.111. The third kappa shape index (κ3) is 15.5. The molecule has 2 amide bonds. The number of nitrogens with zero attached hydrogens (tertiary/aromatic N) is 1. The maximum Gasteiger partial charge on any atom is 0.252 e. The lowest BCUT2D eigenvalue weighted by Crippen LogP contribution is -2.56. The van der Waals surface area contributed by atoms with E-state index in [-0.39, 0.29) is 18.4 Å². The summed E-state index contributed by atoms with van der Waals surface area (Å²) in [6, 6.07) is -0.817. The summed E-state index contributed by atoms with van der Waals surface area (Å²) in [4.78, 5) is 27.4. The van der Waals surface area contributed by atoms with Crippen LogP contribution in [0.1, 0.15) is 111 Å². The van der Waals surface area contributed by atoms with Gasteiger partial charge in [0.1, 0.15) is 24.4 Å². The van der Waals surface area contributed by atoms with Crippen LogP contribution in [0.2, 0.25) is 0 Å². The average molecular weight is 585 g/mol. The number of likely N-dealkylation sites (tertiary alicyclic amines) is 1. The van der Waals surface area contributed by atoms with Gasteiger partial charge in [-0.2, -0.15) is 0 Å². The van der Waals surface area contributed by atoms with Gasteiger partial charge in [0.05, 0.1) is 6.10 Å². The summed E-state index contributed by atoms with van der Waals surface area (Å²) in [7, 11) is 2.93. The Kier molecular flexibility index (Phi) is 20.2. The molecule has 1 fully saturated rings. The van der Waals surface area contributed by atoms with E-state index in [1.807, 2.05) is 13.8 Å². The van der Waals surface area contributed by atoms with Crippen LogP contribution in [0.4, 0.5) is 0 Å². The highest BCUT2D eigenvalue weighted by Gasteiger charge is 2.39. The second-order valence-electron chi connectivity index (χ2n) is 12.0. The van der Waals surface area contributed by atoms with Gasteiger partial charge < -0.3 is 35.0 Å². The molecule has 1 heterocycles. The third-order valence-corrected chi connectivity index (χ3v) is 7.76. The summed E-state index contributed by atoms with van der Waals surface area (Å²) >= 11 is 0. The molecule has 1 rings (SSSR count). The minimum absolute atomic E-state index is 0.174. The summed E-state index contributed by atoms with van der Waals surface area (Å²) in [5.41, 5.74) is 0. The number of carbonyl (C=O) groups excluding carboxylic acids is 2. The lowest BCUT2D eigenvalue weighted by molar-refractivity contribution is -0.160. The van der Waals surface area contributed by atoms with E-state index < -0.39 is 42.5 Å². The molecule has 0 unspecified atom stereocenters. The molecular weight excluding hydrogens is 524 g/mol. The fraction of sp³-hybridized carbons (Fsp3) is 0.875. The Morgan fingerprint density at radius 3 is 2.07 bits per heavy atom. The maximum absolute atomic E-state index is 13.3. The Bertz CT molecular complexity index is 733. The Labute approximate surface area is 249 Å². The monoisotopic (exact) mass is 584 g/mol. The molecule has 0 radical (unpaired) electrons. The molecule has 1 aliphatic rings. The highest BCUT2D eigenvalue weighted by molar-refractivity contribution is 5.89. The van der Waals surface area contributed by atoms with Crippen molar-refractivity contribution in [1.29, 1.82) is 0 Å². The number of likely N-dealkylation sites (N-methyl/N-ethyl adjacent to an activating group) is 1. The molecule has 9 nitrogen and oxygen atoms in total. The van der Waals surface area contributed by atoms with Gasteiger partial charge in [-0.3, -0.25) is 9.59 Å². The summed E-state index contributed by atoms with van der Waals surface area (Å²) in [5.74, 6) is -0.721. The number of amides is 2. The van der Waals surface area contributed by atoms with E-state index in [4.69, 9.17) is 9.47 Å². The molecule has 0 aromatic carbocycles. The molecule has 0 saturated carbocycles. The number of rotatable bonds is 22. The second kappa shape index (κ2) is 22.1. The normalized spacial score (nSPS) is 21.2. The van der Waals surface area contributed by atoms with E-state index in [9.17, 15) is 24.9 Å². The van der Waals surface area contributed by atoms with Crippen LogP contribution in [-0.2, 0) is 19.1 Å². The molecule has 41 heavy (non-hydrogen) atoms. The molecule has 0 spiro atoms. The number of aliphatic hydroxyl groups excluding tert-OH is 3. The van der Waals surface area contributed by atoms with Crippen molar-refractivity contribution in [3.8, 4) is 0 Å². The topological polar surface area (TPSA) is 129 Å². The maximum atomic E-state index is 13.3. The SMILES string of the molecule is CCCCCCCCCCCCCCO[C@H]([C@@H](O)[C@H](O)/C=C/C(C)C)[C@@H](OC)C(=O)N[C@H]1CC[C@H](O)CN(C)C1=O. The van der Waals surface area contributed by atoms with Gasteiger partial charge in [-0.15, -0.1) is 0 Å². The largest absolute Gasteiger partial charge is 0.391 e. The molecular formula is C32H60N2O7. The molecule has 0 bridgehead atoms. The fourth-order valence-corrected chi connectivity index (χ4v) is 5.20. The Morgan fingerprint density at radius 1 is 0.976 bits per heavy atom. The van der Waals surface area contributed by atoms with Crippen molar-refractivity contribution in [3.63, 3.8) is 0 Å². The smallest absolute Gasteiger partial charge is 0.252 e. The van der Waals surface area contributed by atoms with Crippen molar-refractivity contribution < 1.29 is 34.4 Å². The van der Waals surface area contributed by atoms with Crippen LogP contribution in [-0.4, -0.2) is 95.9 Å². The van der Waals surface area contributed by atoms with Crippen LogP contribution < -0.4 is 5.32 Å². The van der Waals surface area contributed by atoms with Crippen molar-refractivity contribution in [3.05, 3.63) is 12.2 Å². The van der Waals surface area contributed by atoms with Crippen LogP contribution in [0, 0.1) is 5.92 Å². The number of methoxy groups -OCH3 is 1. The van der Waals surface area contributed by atoms with Gasteiger partial charge in [0.15, 0.2) is 6.10 Å². The summed E-state index contributed by atoms with van der Waals surface area (Å²) in [6.07, 6.45) is 12.8. The number of unbranched alkanes of at least 4 members (excludes halogenated alkanes) is 11. The number of hydrogen-bond donors (Lipinski definition) is 4. The van der Waals surface area contributed by atoms with Gasteiger partial charge in [-0.05, 0) is 25.2 Å². The zero-order valence-electron chi connectivity index (χ0n) is 26.4. The number of ether oxygens (including phenoxy) is 2. The minimum Gasteiger partial charge on any atom is -0.391 e. The first kappa shape index (κ1) is 37.5. The van der Waals surface area contributed by atoms with Crippen molar-refractivity contribution in [2.45, 2.75) is 147 Å². The molecule has 9 heteroatoms. The minimum atomic E-state index is -1.41. The van der Waals surface area contributed by atoms with E-state index in [1.54, 1.807) is 13.1 Å². The van der Waals surface area contributed by atoms with Crippen molar-refractivity contribution >= 4 is 11.8 Å². The Morgan fingerprint density at radius 2 is 1.54 bits per heavy atom. The van der Waals surface area contributed by atoms with Crippen molar-refractivity contribution in [2.24, 2.45) is 5.92 Å². The zero-order chi connectivity index (χ0) is 30.6. The molecule has 6 atom stereocenters. The van der Waals surface area contributed by atoms with E-state index in [0.29, 0.717) is 19.4 Å². The molecule has 0 aliphatic carbocycles. The zero-order valence-corrected chi connectivity index (χ0v) is 26.4. The third-order valence-electron chi connectivity index (χ3n) is 7.76. The predicted molar refractivity (Wildman–Crippen MR) is 162 cm³/mol. The number of allylic oxidation sites excluding steroid dienone is 1. The summed E-state index contributed by atoms with van der Waals surface area (Å²) in [5, 5.41) is 34.4. The Hall–Kier alpha value is -1.52. The molecule has 0 aromatic heterocycles. The van der Waals surface area contributed by atoms with Gasteiger partial charge in [-0.25, -0.2) is 0 Å². The highest BCUT2D eigenvalue weighted by atomic mass is 16.5. The fourth-order valence-electron chi connectivity index (χ4n) is 5.20. The van der Waals surface area contributed by atoms with E-state index in [2.05, 4.69) is 12.2 Å². The van der Waals surface area contributed by atoms with E-state index in [0.717, 1.165) is 19.3 Å². The standard InChI is InChI=1S/C32H60N2O7/c1-6-7-8-9-10-11-12-13-14-15-16-17-22-41-29(28(37)27(36)21-18-24(2)3)30(40-5)31(38)33-26-20-19-25(35)23-34(4)32(26)39/h18,21,24-30,35-37H,6-17,19-20,22-23H2,1-5H3,(H,33,38)/b21-18+/t25-,26-,27+,28-,29+,30+/m0/s1. The molecule has 1 saturated heterocycles. The number of aliphatic hydroxyl groups is 3. The number of hydrogen-bond acceptors (Lipinski definition) is 7. The van der Waals surface area contributed by atoms with Gasteiger partial charge in [0.25, 0.3) is 5.91 Å². The van der Waals surface area contributed by atoms with Crippen LogP contribution in [0.15, 0.2) is 12.2 Å². The molecule has 1 aliphatic heterocycles. The lowest BCUT2D eigenvalue weighted by atomic mass is 9.99. The van der Waals surface area contributed by atoms with Crippen LogP contribution in [0.3, 0.4) is 0 Å². The van der Waals surface area contributed by atoms with Gasteiger partial charge in [0, 0.05) is 27.3 Å². The molecule has 0 aromatic rings. The van der Waals surface area contributed by atoms with Gasteiger partial charge >= 0.3 is 0 Å². The lowest BCUT2D eigenvalue weighted by Gasteiger charge is -2.32. The summed E-state index contributed by atoms with van der Waals surface area (Å²) in [6.45, 7) is 6.67. The van der Waals surface area contributed by atoms with Crippen LogP contribution >= 0.6 is 0 Å². The van der Waals surface area contributed by atoms with Crippen LogP contribution in [0.25, 0.3) is 0 Å². The van der Waals surface area contributed by atoms with Gasteiger partial charge in [-0.1, -0.05) is 104 Å². The number of carbonyl (C=O) groups is 2. The first-order chi connectivity index (χ1) is 19.6. The van der Waals surface area contributed by atoms with Gasteiger partial charge in [0.2, 0.25) is 5.91 Å². The number of β-amino-alcohol motifs (C(OH)–C–C–N with tert-alkyl or cyclic N) is 1. The van der Waals surface area contributed by atoms with E-state index in [1.165, 1.54) is 75.9 Å². The van der Waals surface area contributed by atoms with Crippen molar-refractivity contribution in [2.75, 3.05) is 27.3 Å². The second-order valence-corrected chi connectivity index (χ2v) is 12.0. The highest BCUT2D eigenvalue weighted by Crippen LogP contribution is 2.18. The molecule has 240 valence electrons. The predicted octanol–water partition coefficient (Wildman–Crippen LogP) is 4.12.